The van der Waals surface area contributed by atoms with Gasteiger partial charge in [-0.05, 0) is 84.3 Å². The fourth-order valence-corrected chi connectivity index (χ4v) is 5.13. The van der Waals surface area contributed by atoms with E-state index < -0.39 is 0 Å². The molecule has 0 saturated carbocycles. The molecule has 4 aromatic rings. The first-order chi connectivity index (χ1) is 18.2. The van der Waals surface area contributed by atoms with Gasteiger partial charge in [0.2, 0.25) is 0 Å². The molecule has 186 valence electrons. The number of fused-ring (bicyclic) bond motifs is 1. The van der Waals surface area contributed by atoms with E-state index in [4.69, 9.17) is 4.74 Å². The lowest BCUT2D eigenvalue weighted by atomic mass is 9.98. The second kappa shape index (κ2) is 10.5. The van der Waals surface area contributed by atoms with E-state index in [0.717, 1.165) is 38.3 Å². The van der Waals surface area contributed by atoms with Gasteiger partial charge in [0.1, 0.15) is 12.4 Å². The number of hydrogen-bond acceptors (Lipinski definition) is 4. The molecule has 0 aromatic heterocycles. The number of anilines is 3. The maximum atomic E-state index is 5.97. The van der Waals surface area contributed by atoms with E-state index in [2.05, 4.69) is 113 Å². The molecule has 0 unspecified atom stereocenters. The molecule has 2 aliphatic rings. The van der Waals surface area contributed by atoms with Gasteiger partial charge < -0.3 is 19.4 Å². The number of allylic oxidation sites excluding steroid dienone is 1. The maximum Gasteiger partial charge on any atom is 0.119 e. The summed E-state index contributed by atoms with van der Waals surface area (Å²) in [6.45, 7) is 5.00. The predicted octanol–water partition coefficient (Wildman–Crippen LogP) is 6.89. The van der Waals surface area contributed by atoms with E-state index in [1.54, 1.807) is 0 Å². The van der Waals surface area contributed by atoms with Crippen molar-refractivity contribution in [3.05, 3.63) is 120 Å². The van der Waals surface area contributed by atoms with E-state index in [0.29, 0.717) is 6.61 Å². The highest BCUT2D eigenvalue weighted by atomic mass is 16.5. The molecule has 2 heterocycles. The normalized spacial score (nSPS) is 15.5. The Labute approximate surface area is 220 Å². The van der Waals surface area contributed by atoms with Crippen molar-refractivity contribution in [2.75, 3.05) is 43.0 Å². The van der Waals surface area contributed by atoms with Gasteiger partial charge in [0.05, 0.1) is 0 Å². The van der Waals surface area contributed by atoms with Crippen LogP contribution in [0.15, 0.2) is 109 Å². The van der Waals surface area contributed by atoms with Gasteiger partial charge in [-0.2, -0.15) is 0 Å². The lowest BCUT2D eigenvalue weighted by molar-refractivity contribution is 0.306. The highest BCUT2D eigenvalue weighted by Crippen LogP contribution is 2.36. The van der Waals surface area contributed by atoms with Gasteiger partial charge in [-0.25, -0.2) is 0 Å². The molecular weight excluding hydrogens is 454 g/mol. The van der Waals surface area contributed by atoms with E-state index in [9.17, 15) is 0 Å². The minimum absolute atomic E-state index is 0.581. The molecule has 0 N–H and O–H groups in total. The molecule has 0 aliphatic carbocycles. The van der Waals surface area contributed by atoms with E-state index >= 15 is 0 Å². The van der Waals surface area contributed by atoms with Gasteiger partial charge >= 0.3 is 0 Å². The predicted molar refractivity (Wildman–Crippen MR) is 154 cm³/mol. The van der Waals surface area contributed by atoms with Crippen LogP contribution in [-0.2, 0) is 13.0 Å². The second-order valence-corrected chi connectivity index (χ2v) is 9.91. The minimum Gasteiger partial charge on any atom is -0.489 e. The van der Waals surface area contributed by atoms with Crippen LogP contribution in [0.4, 0.5) is 17.1 Å². The van der Waals surface area contributed by atoms with Crippen LogP contribution in [0.2, 0.25) is 0 Å². The maximum absolute atomic E-state index is 5.97. The number of rotatable bonds is 6. The second-order valence-electron chi connectivity index (χ2n) is 9.91. The molecule has 1 saturated heterocycles. The molecule has 6 rings (SSSR count). The van der Waals surface area contributed by atoms with Crippen LogP contribution in [-0.4, -0.2) is 38.1 Å². The van der Waals surface area contributed by atoms with Crippen molar-refractivity contribution in [2.24, 2.45) is 0 Å². The summed E-state index contributed by atoms with van der Waals surface area (Å²) in [4.78, 5) is 7.17. The molecule has 0 amide bonds. The monoisotopic (exact) mass is 487 g/mol. The van der Waals surface area contributed by atoms with Gasteiger partial charge in [-0.1, -0.05) is 54.6 Å². The van der Waals surface area contributed by atoms with Crippen molar-refractivity contribution in [2.45, 2.75) is 13.0 Å². The number of ether oxygens (including phenoxy) is 1. The Kier molecular flexibility index (Phi) is 6.66. The first-order valence-electron chi connectivity index (χ1n) is 13.1. The molecule has 0 radical (unpaired) electrons. The SMILES string of the molecule is CN1CCN(c2ccc(N3C=CCc4cc(-c5ccc(OCc6ccccc6)cc5)ccc43)cc2)CC1. The van der Waals surface area contributed by atoms with Crippen molar-refractivity contribution in [1.29, 1.82) is 0 Å². The summed E-state index contributed by atoms with van der Waals surface area (Å²) in [5.74, 6) is 0.889. The van der Waals surface area contributed by atoms with Gasteiger partial charge in [0, 0.05) is 49.4 Å². The third-order valence-electron chi connectivity index (χ3n) is 7.36. The zero-order chi connectivity index (χ0) is 25.0. The van der Waals surface area contributed by atoms with E-state index in [-0.39, 0.29) is 0 Å². The molecule has 4 nitrogen and oxygen atoms in total. The highest BCUT2D eigenvalue weighted by molar-refractivity contribution is 5.76. The fraction of sp³-hybridized carbons (Fsp3) is 0.212. The third-order valence-corrected chi connectivity index (χ3v) is 7.36. The quantitative estimate of drug-likeness (QED) is 0.295. The van der Waals surface area contributed by atoms with Crippen LogP contribution in [0.25, 0.3) is 11.1 Å². The molecule has 2 aliphatic heterocycles. The lowest BCUT2D eigenvalue weighted by Gasteiger charge is -2.34. The van der Waals surface area contributed by atoms with Gasteiger partial charge in [-0.15, -0.1) is 0 Å². The number of likely N-dealkylation sites (N-methyl/N-ethyl adjacent to an activating group) is 1. The Hall–Kier alpha value is -4.02. The summed E-state index contributed by atoms with van der Waals surface area (Å²) >= 11 is 0. The van der Waals surface area contributed by atoms with Crippen molar-refractivity contribution in [3.8, 4) is 16.9 Å². The van der Waals surface area contributed by atoms with Gasteiger partial charge in [0.15, 0.2) is 0 Å². The topological polar surface area (TPSA) is 19.0 Å². The summed E-state index contributed by atoms with van der Waals surface area (Å²) in [7, 11) is 2.20. The standard InChI is InChI=1S/C33H33N3O/c1-34-20-22-35(23-21-34)30-12-14-31(15-13-30)36-19-5-8-29-24-28(11-18-33(29)36)27-9-16-32(17-10-27)37-25-26-6-3-2-4-7-26/h2-7,9-19,24H,8,20-23,25H2,1H3. The molecule has 1 fully saturated rings. The van der Waals surface area contributed by atoms with Crippen molar-refractivity contribution in [3.63, 3.8) is 0 Å². The van der Waals surface area contributed by atoms with Crippen molar-refractivity contribution in [1.82, 2.24) is 4.90 Å². The fourth-order valence-electron chi connectivity index (χ4n) is 5.13. The average molecular weight is 488 g/mol. The number of hydrogen-bond donors (Lipinski definition) is 0. The zero-order valence-electron chi connectivity index (χ0n) is 21.4. The first-order valence-corrected chi connectivity index (χ1v) is 13.1. The number of nitrogens with zero attached hydrogens (tertiary/aromatic N) is 3. The van der Waals surface area contributed by atoms with Gasteiger partial charge in [0.25, 0.3) is 0 Å². The molecule has 4 heteroatoms. The highest BCUT2D eigenvalue weighted by Gasteiger charge is 2.18. The van der Waals surface area contributed by atoms with Gasteiger partial charge in [-0.3, -0.25) is 0 Å². The Morgan fingerprint density at radius 1 is 0.703 bits per heavy atom. The van der Waals surface area contributed by atoms with Crippen molar-refractivity contribution < 1.29 is 4.74 Å². The molecule has 0 atom stereocenters. The third kappa shape index (κ3) is 5.25. The summed E-state index contributed by atoms with van der Waals surface area (Å²) in [6, 6.07) is 34.5. The Bertz CT molecular complexity index is 1360. The summed E-state index contributed by atoms with van der Waals surface area (Å²) < 4.78 is 5.97. The molecule has 4 aromatic carbocycles. The van der Waals surface area contributed by atoms with E-state index in [1.165, 1.54) is 39.3 Å². The molecule has 0 spiro atoms. The summed E-state index contributed by atoms with van der Waals surface area (Å²) in [5.41, 5.74) is 8.70. The Morgan fingerprint density at radius 3 is 2.16 bits per heavy atom. The number of benzene rings is 4. The Morgan fingerprint density at radius 2 is 1.41 bits per heavy atom. The number of piperazine rings is 1. The molecule has 0 bridgehead atoms. The van der Waals surface area contributed by atoms with Crippen molar-refractivity contribution >= 4 is 17.1 Å². The van der Waals surface area contributed by atoms with Crippen LogP contribution < -0.4 is 14.5 Å². The lowest BCUT2D eigenvalue weighted by Crippen LogP contribution is -2.44. The summed E-state index contributed by atoms with van der Waals surface area (Å²) in [6.07, 6.45) is 5.39. The van der Waals surface area contributed by atoms with Crippen LogP contribution in [0.3, 0.4) is 0 Å². The van der Waals surface area contributed by atoms with Crippen LogP contribution in [0, 0.1) is 0 Å². The minimum atomic E-state index is 0.581. The van der Waals surface area contributed by atoms with Crippen LogP contribution in [0.5, 0.6) is 5.75 Å². The molecule has 37 heavy (non-hydrogen) atoms. The average Bonchev–Trinajstić information content (AvgIpc) is 2.97. The zero-order valence-corrected chi connectivity index (χ0v) is 21.4. The van der Waals surface area contributed by atoms with E-state index in [1.807, 2.05) is 18.2 Å². The van der Waals surface area contributed by atoms with Crippen LogP contribution >= 0.6 is 0 Å². The molecular formula is C33H33N3O. The smallest absolute Gasteiger partial charge is 0.119 e. The Balaban J connectivity index is 1.16. The first kappa shape index (κ1) is 23.4. The summed E-state index contributed by atoms with van der Waals surface area (Å²) in [5, 5.41) is 0. The van der Waals surface area contributed by atoms with Crippen LogP contribution in [0.1, 0.15) is 11.1 Å². The largest absolute Gasteiger partial charge is 0.489 e.